The van der Waals surface area contributed by atoms with E-state index < -0.39 is 5.41 Å². The van der Waals surface area contributed by atoms with Gasteiger partial charge in [-0.15, -0.1) is 0 Å². The van der Waals surface area contributed by atoms with Gasteiger partial charge in [0.15, 0.2) is 0 Å². The number of nitrogens with zero attached hydrogens (tertiary/aromatic N) is 1. The quantitative estimate of drug-likeness (QED) is 0.818. The molecule has 0 heterocycles. The van der Waals surface area contributed by atoms with Crippen LogP contribution in [0.25, 0.3) is 0 Å². The van der Waals surface area contributed by atoms with Crippen molar-refractivity contribution >= 4 is 0 Å². The highest BCUT2D eigenvalue weighted by molar-refractivity contribution is 5.40. The topological polar surface area (TPSA) is 33.0 Å². The van der Waals surface area contributed by atoms with Crippen molar-refractivity contribution in [1.29, 1.82) is 5.26 Å². The first kappa shape index (κ1) is 15.1. The molecule has 0 aliphatic heterocycles. The molecular weight excluding hydrogens is 258 g/mol. The normalized spacial score (nSPS) is 13.2. The molecule has 0 N–H and O–H groups in total. The molecule has 0 saturated heterocycles. The lowest BCUT2D eigenvalue weighted by Crippen LogP contribution is -2.22. The summed E-state index contributed by atoms with van der Waals surface area (Å²) in [6, 6.07) is 18.7. The zero-order valence-electron chi connectivity index (χ0n) is 12.9. The second kappa shape index (κ2) is 6.45. The van der Waals surface area contributed by atoms with E-state index in [1.165, 1.54) is 11.1 Å². The van der Waals surface area contributed by atoms with Crippen LogP contribution in [0.15, 0.2) is 48.5 Å². The molecule has 0 amide bonds. The summed E-state index contributed by atoms with van der Waals surface area (Å²) in [4.78, 5) is 0. The van der Waals surface area contributed by atoms with Crippen molar-refractivity contribution in [3.8, 4) is 11.8 Å². The van der Waals surface area contributed by atoms with Crippen molar-refractivity contribution in [2.75, 3.05) is 7.11 Å². The van der Waals surface area contributed by atoms with Crippen LogP contribution in [0, 0.1) is 11.3 Å². The van der Waals surface area contributed by atoms with Crippen molar-refractivity contribution in [2.24, 2.45) is 0 Å². The van der Waals surface area contributed by atoms with Crippen molar-refractivity contribution in [3.63, 3.8) is 0 Å². The summed E-state index contributed by atoms with van der Waals surface area (Å²) in [6.45, 7) is 4.11. The molecule has 0 bridgehead atoms. The average Bonchev–Trinajstić information content (AvgIpc) is 2.55. The lowest BCUT2D eigenvalue weighted by Gasteiger charge is -2.23. The smallest absolute Gasteiger partial charge is 0.122 e. The highest BCUT2D eigenvalue weighted by atomic mass is 16.5. The zero-order valence-corrected chi connectivity index (χ0v) is 12.9. The van der Waals surface area contributed by atoms with E-state index in [4.69, 9.17) is 4.74 Å². The molecule has 108 valence electrons. The fourth-order valence-corrected chi connectivity index (χ4v) is 2.64. The van der Waals surface area contributed by atoms with Gasteiger partial charge in [0, 0.05) is 0 Å². The Morgan fingerprint density at radius 3 is 2.43 bits per heavy atom. The summed E-state index contributed by atoms with van der Waals surface area (Å²) < 4.78 is 5.37. The van der Waals surface area contributed by atoms with Crippen LogP contribution in [0.2, 0.25) is 0 Å². The Labute approximate surface area is 127 Å². The molecule has 2 heteroatoms. The van der Waals surface area contributed by atoms with Crippen molar-refractivity contribution < 1.29 is 4.74 Å². The Morgan fingerprint density at radius 1 is 1.14 bits per heavy atom. The van der Waals surface area contributed by atoms with Crippen LogP contribution in [0.4, 0.5) is 0 Å². The van der Waals surface area contributed by atoms with Gasteiger partial charge >= 0.3 is 0 Å². The van der Waals surface area contributed by atoms with Crippen LogP contribution < -0.4 is 4.74 Å². The highest BCUT2D eigenvalue weighted by Crippen LogP contribution is 2.29. The van der Waals surface area contributed by atoms with E-state index in [1.54, 1.807) is 7.11 Å². The standard InChI is InChI=1S/C19H21NO/c1-4-16-12-15(10-11-18(16)21-3)13-19(2,14-20)17-8-6-5-7-9-17/h5-12H,4,13H2,1-3H3. The molecule has 0 fully saturated rings. The van der Waals surface area contributed by atoms with Gasteiger partial charge in [0.25, 0.3) is 0 Å². The van der Waals surface area contributed by atoms with E-state index in [-0.39, 0.29) is 0 Å². The molecule has 2 aromatic carbocycles. The molecule has 0 radical (unpaired) electrons. The molecule has 0 aliphatic rings. The molecular formula is C19H21NO. The number of aryl methyl sites for hydroxylation is 1. The molecule has 1 atom stereocenters. The Bertz CT molecular complexity index is 642. The lowest BCUT2D eigenvalue weighted by molar-refractivity contribution is 0.410. The molecule has 0 saturated carbocycles. The highest BCUT2D eigenvalue weighted by Gasteiger charge is 2.26. The molecule has 0 aromatic heterocycles. The average molecular weight is 279 g/mol. The third kappa shape index (κ3) is 3.25. The van der Waals surface area contributed by atoms with Gasteiger partial charge in [0.2, 0.25) is 0 Å². The van der Waals surface area contributed by atoms with E-state index in [2.05, 4.69) is 25.1 Å². The first-order valence-corrected chi connectivity index (χ1v) is 7.25. The maximum Gasteiger partial charge on any atom is 0.122 e. The van der Waals surface area contributed by atoms with Gasteiger partial charge in [-0.25, -0.2) is 0 Å². The lowest BCUT2D eigenvalue weighted by atomic mass is 9.78. The Morgan fingerprint density at radius 2 is 1.86 bits per heavy atom. The summed E-state index contributed by atoms with van der Waals surface area (Å²) in [7, 11) is 1.69. The van der Waals surface area contributed by atoms with E-state index in [1.807, 2.05) is 43.3 Å². The first-order chi connectivity index (χ1) is 10.1. The number of nitriles is 1. The van der Waals surface area contributed by atoms with E-state index >= 15 is 0 Å². The fourth-order valence-electron chi connectivity index (χ4n) is 2.64. The van der Waals surface area contributed by atoms with Gasteiger partial charge in [-0.1, -0.05) is 49.4 Å². The Balaban J connectivity index is 2.33. The molecule has 2 rings (SSSR count). The molecule has 2 aromatic rings. The van der Waals surface area contributed by atoms with Crippen LogP contribution in [0.3, 0.4) is 0 Å². The first-order valence-electron chi connectivity index (χ1n) is 7.25. The van der Waals surface area contributed by atoms with Gasteiger partial charge in [-0.05, 0) is 42.5 Å². The maximum absolute atomic E-state index is 9.65. The molecule has 2 nitrogen and oxygen atoms in total. The second-order valence-corrected chi connectivity index (χ2v) is 5.49. The minimum atomic E-state index is -0.513. The number of methoxy groups -OCH3 is 1. The molecule has 1 unspecified atom stereocenters. The van der Waals surface area contributed by atoms with Gasteiger partial charge in [-0.2, -0.15) is 5.26 Å². The van der Waals surface area contributed by atoms with Gasteiger partial charge in [-0.3, -0.25) is 0 Å². The second-order valence-electron chi connectivity index (χ2n) is 5.49. The van der Waals surface area contributed by atoms with Crippen LogP contribution in [-0.4, -0.2) is 7.11 Å². The number of ether oxygens (including phenoxy) is 1. The third-order valence-electron chi connectivity index (χ3n) is 3.94. The fraction of sp³-hybridized carbons (Fsp3) is 0.316. The minimum Gasteiger partial charge on any atom is -0.496 e. The maximum atomic E-state index is 9.65. The number of hydrogen-bond acceptors (Lipinski definition) is 2. The number of hydrogen-bond donors (Lipinski definition) is 0. The van der Waals surface area contributed by atoms with Gasteiger partial charge in [0.05, 0.1) is 18.6 Å². The van der Waals surface area contributed by atoms with Crippen LogP contribution in [0.5, 0.6) is 5.75 Å². The number of benzene rings is 2. The summed E-state index contributed by atoms with van der Waals surface area (Å²) >= 11 is 0. The number of rotatable bonds is 5. The van der Waals surface area contributed by atoms with Crippen LogP contribution >= 0.6 is 0 Å². The van der Waals surface area contributed by atoms with E-state index in [0.717, 1.165) is 17.7 Å². The van der Waals surface area contributed by atoms with Gasteiger partial charge in [0.1, 0.15) is 5.75 Å². The van der Waals surface area contributed by atoms with Crippen molar-refractivity contribution in [2.45, 2.75) is 32.1 Å². The van der Waals surface area contributed by atoms with Crippen molar-refractivity contribution in [3.05, 3.63) is 65.2 Å². The third-order valence-corrected chi connectivity index (χ3v) is 3.94. The van der Waals surface area contributed by atoms with E-state index in [0.29, 0.717) is 6.42 Å². The molecule has 0 spiro atoms. The largest absolute Gasteiger partial charge is 0.496 e. The zero-order chi connectivity index (χ0) is 15.3. The SMILES string of the molecule is CCc1cc(CC(C)(C#N)c2ccccc2)ccc1OC. The van der Waals surface area contributed by atoms with Crippen LogP contribution in [0.1, 0.15) is 30.5 Å². The predicted molar refractivity (Wildman–Crippen MR) is 85.5 cm³/mol. The monoisotopic (exact) mass is 279 g/mol. The van der Waals surface area contributed by atoms with E-state index in [9.17, 15) is 5.26 Å². The Hall–Kier alpha value is -2.27. The summed E-state index contributed by atoms with van der Waals surface area (Å²) in [5.74, 6) is 0.916. The van der Waals surface area contributed by atoms with Gasteiger partial charge < -0.3 is 4.74 Å². The van der Waals surface area contributed by atoms with Crippen molar-refractivity contribution in [1.82, 2.24) is 0 Å². The Kier molecular flexibility index (Phi) is 4.65. The minimum absolute atomic E-state index is 0.513. The molecule has 21 heavy (non-hydrogen) atoms. The van der Waals surface area contributed by atoms with Crippen LogP contribution in [-0.2, 0) is 18.3 Å². The predicted octanol–water partition coefficient (Wildman–Crippen LogP) is 4.28. The summed E-state index contributed by atoms with van der Waals surface area (Å²) in [5, 5.41) is 9.65. The summed E-state index contributed by atoms with van der Waals surface area (Å²) in [5.41, 5.74) is 2.89. The summed E-state index contributed by atoms with van der Waals surface area (Å²) in [6.07, 6.45) is 1.62. The molecule has 0 aliphatic carbocycles.